The molecular weight excluding hydrogens is 306 g/mol. The molecule has 1 fully saturated rings. The average molecular weight is 323 g/mol. The molecule has 0 atom stereocenters. The van der Waals surface area contributed by atoms with Gasteiger partial charge in [0.15, 0.2) is 0 Å². The molecule has 0 bridgehead atoms. The van der Waals surface area contributed by atoms with Crippen LogP contribution in [0.15, 0.2) is 47.5 Å². The van der Waals surface area contributed by atoms with Crippen molar-refractivity contribution < 1.29 is 4.79 Å². The van der Waals surface area contributed by atoms with Gasteiger partial charge in [-0.2, -0.15) is 5.10 Å². The van der Waals surface area contributed by atoms with Gasteiger partial charge >= 0.3 is 0 Å². The molecule has 4 rings (SSSR count). The van der Waals surface area contributed by atoms with E-state index < -0.39 is 0 Å². The van der Waals surface area contributed by atoms with Gasteiger partial charge in [-0.1, -0.05) is 6.07 Å². The van der Waals surface area contributed by atoms with Gasteiger partial charge in [-0.3, -0.25) is 9.59 Å². The molecule has 3 heterocycles. The predicted octanol–water partition coefficient (Wildman–Crippen LogP) is 1.23. The van der Waals surface area contributed by atoms with Gasteiger partial charge in [-0.25, -0.2) is 9.67 Å². The summed E-state index contributed by atoms with van der Waals surface area (Å²) >= 11 is 0. The van der Waals surface area contributed by atoms with Gasteiger partial charge in [-0.05, 0) is 31.0 Å². The van der Waals surface area contributed by atoms with E-state index in [4.69, 9.17) is 0 Å². The van der Waals surface area contributed by atoms with Crippen LogP contribution in [0.5, 0.6) is 0 Å². The summed E-state index contributed by atoms with van der Waals surface area (Å²) in [6, 6.07) is 8.90. The molecule has 0 radical (unpaired) electrons. The molecule has 1 aliphatic rings. The van der Waals surface area contributed by atoms with Crippen LogP contribution in [0, 0.1) is 0 Å². The number of fused-ring (bicyclic) bond motifs is 1. The molecule has 1 saturated carbocycles. The molecule has 0 aromatic carbocycles. The Kier molecular flexibility index (Phi) is 3.41. The molecule has 3 aromatic rings. The number of nitrogens with zero attached hydrogens (tertiary/aromatic N) is 5. The lowest BCUT2D eigenvalue weighted by atomic mass is 10.3. The molecule has 1 aliphatic carbocycles. The lowest BCUT2D eigenvalue weighted by Crippen LogP contribution is -2.35. The average Bonchev–Trinajstić information content (AvgIpc) is 3.35. The molecular formula is C17H17N5O2. The highest BCUT2D eigenvalue weighted by Gasteiger charge is 2.34. The Morgan fingerprint density at radius 1 is 1.29 bits per heavy atom. The minimum atomic E-state index is -0.230. The first-order valence-electron chi connectivity index (χ1n) is 7.90. The molecule has 3 aromatic heterocycles. The third-order valence-corrected chi connectivity index (χ3v) is 4.25. The van der Waals surface area contributed by atoms with Gasteiger partial charge in [0.05, 0.1) is 18.4 Å². The molecule has 122 valence electrons. The highest BCUT2D eigenvalue weighted by molar-refractivity contribution is 5.92. The summed E-state index contributed by atoms with van der Waals surface area (Å²) in [7, 11) is 1.55. The largest absolute Gasteiger partial charge is 0.328 e. The second kappa shape index (κ2) is 5.59. The number of rotatable bonds is 4. The van der Waals surface area contributed by atoms with Gasteiger partial charge in [0.25, 0.3) is 11.5 Å². The number of carbonyl (C=O) groups excluding carboxylic acids is 1. The van der Waals surface area contributed by atoms with E-state index in [1.165, 1.54) is 16.8 Å². The lowest BCUT2D eigenvalue weighted by molar-refractivity contribution is 0.0718. The molecule has 1 amide bonds. The third kappa shape index (κ3) is 2.58. The van der Waals surface area contributed by atoms with E-state index in [0.29, 0.717) is 6.54 Å². The van der Waals surface area contributed by atoms with E-state index in [9.17, 15) is 9.59 Å². The summed E-state index contributed by atoms with van der Waals surface area (Å²) in [6.07, 6.45) is 5.73. The van der Waals surface area contributed by atoms with Gasteiger partial charge in [-0.15, -0.1) is 0 Å². The molecule has 0 spiro atoms. The molecule has 7 heteroatoms. The van der Waals surface area contributed by atoms with Crippen LogP contribution >= 0.6 is 0 Å². The lowest BCUT2D eigenvalue weighted by Gasteiger charge is -2.21. The maximum Gasteiger partial charge on any atom is 0.274 e. The second-order valence-corrected chi connectivity index (χ2v) is 6.02. The summed E-state index contributed by atoms with van der Waals surface area (Å²) in [5, 5.41) is 4.09. The van der Waals surface area contributed by atoms with Crippen molar-refractivity contribution in [3.05, 3.63) is 64.5 Å². The number of aromatic nitrogens is 4. The van der Waals surface area contributed by atoms with Crippen molar-refractivity contribution in [3.63, 3.8) is 0 Å². The SMILES string of the molecule is Cn1nc(C(=O)N(Cc2cnc3ccccn23)C2CC2)ccc1=O. The quantitative estimate of drug-likeness (QED) is 0.724. The van der Waals surface area contributed by atoms with Crippen LogP contribution in [0.25, 0.3) is 5.65 Å². The number of pyridine rings is 1. The van der Waals surface area contributed by atoms with Crippen LogP contribution in [0.2, 0.25) is 0 Å². The Balaban J connectivity index is 1.66. The predicted molar refractivity (Wildman–Crippen MR) is 87.6 cm³/mol. The zero-order chi connectivity index (χ0) is 16.7. The van der Waals surface area contributed by atoms with Gasteiger partial charge in [0.1, 0.15) is 11.3 Å². The van der Waals surface area contributed by atoms with Crippen LogP contribution in [0.4, 0.5) is 0 Å². The van der Waals surface area contributed by atoms with Crippen LogP contribution < -0.4 is 5.56 Å². The number of carbonyl (C=O) groups is 1. The van der Waals surface area contributed by atoms with Crippen molar-refractivity contribution in [2.24, 2.45) is 7.05 Å². The molecule has 24 heavy (non-hydrogen) atoms. The van der Waals surface area contributed by atoms with E-state index in [1.807, 2.05) is 33.7 Å². The number of aryl methyl sites for hydroxylation is 1. The zero-order valence-electron chi connectivity index (χ0n) is 13.3. The fraction of sp³-hybridized carbons (Fsp3) is 0.294. The maximum absolute atomic E-state index is 12.9. The summed E-state index contributed by atoms with van der Waals surface area (Å²) in [6.45, 7) is 0.471. The van der Waals surface area contributed by atoms with E-state index in [2.05, 4.69) is 10.1 Å². The fourth-order valence-electron chi connectivity index (χ4n) is 2.79. The molecule has 0 saturated heterocycles. The summed E-state index contributed by atoms with van der Waals surface area (Å²) in [5.74, 6) is -0.154. The first kappa shape index (κ1) is 14.6. The fourth-order valence-corrected chi connectivity index (χ4v) is 2.79. The van der Waals surface area contributed by atoms with Crippen molar-refractivity contribution in [1.29, 1.82) is 0 Å². The van der Waals surface area contributed by atoms with Gasteiger partial charge < -0.3 is 9.30 Å². The maximum atomic E-state index is 12.9. The monoisotopic (exact) mass is 323 g/mol. The van der Waals surface area contributed by atoms with Crippen LogP contribution in [0.3, 0.4) is 0 Å². The van der Waals surface area contributed by atoms with E-state index in [0.717, 1.165) is 24.2 Å². The van der Waals surface area contributed by atoms with E-state index >= 15 is 0 Å². The molecule has 0 N–H and O–H groups in total. The van der Waals surface area contributed by atoms with E-state index in [-0.39, 0.29) is 23.2 Å². The minimum Gasteiger partial charge on any atom is -0.328 e. The summed E-state index contributed by atoms with van der Waals surface area (Å²) in [4.78, 5) is 30.5. The highest BCUT2D eigenvalue weighted by Crippen LogP contribution is 2.29. The Morgan fingerprint density at radius 2 is 2.12 bits per heavy atom. The normalized spacial score (nSPS) is 14.0. The van der Waals surface area contributed by atoms with Crippen LogP contribution in [-0.4, -0.2) is 36.0 Å². The number of hydrogen-bond donors (Lipinski definition) is 0. The molecule has 0 unspecified atom stereocenters. The number of hydrogen-bond acceptors (Lipinski definition) is 4. The van der Waals surface area contributed by atoms with Crippen molar-refractivity contribution in [2.75, 3.05) is 0 Å². The first-order valence-corrected chi connectivity index (χ1v) is 7.90. The molecule has 7 nitrogen and oxygen atoms in total. The standard InChI is InChI=1S/C17H17N5O2/c1-20-16(23)8-7-14(19-20)17(24)22(12-5-6-12)11-13-10-18-15-4-2-3-9-21(13)15/h2-4,7-10,12H,5-6,11H2,1H3. The van der Waals surface area contributed by atoms with Crippen molar-refractivity contribution in [1.82, 2.24) is 24.1 Å². The number of amides is 1. The highest BCUT2D eigenvalue weighted by atomic mass is 16.2. The van der Waals surface area contributed by atoms with Gasteiger partial charge in [0.2, 0.25) is 0 Å². The minimum absolute atomic E-state index is 0.154. The Labute approximate surface area is 138 Å². The Morgan fingerprint density at radius 3 is 2.88 bits per heavy atom. The van der Waals surface area contributed by atoms with Crippen molar-refractivity contribution in [3.8, 4) is 0 Å². The molecule has 0 aliphatic heterocycles. The van der Waals surface area contributed by atoms with Crippen LogP contribution in [0.1, 0.15) is 29.0 Å². The Hall–Kier alpha value is -2.96. The summed E-state index contributed by atoms with van der Waals surface area (Å²) < 4.78 is 3.17. The van der Waals surface area contributed by atoms with Crippen molar-refractivity contribution >= 4 is 11.6 Å². The van der Waals surface area contributed by atoms with Gasteiger partial charge in [0, 0.05) is 25.4 Å². The third-order valence-electron chi connectivity index (χ3n) is 4.25. The smallest absolute Gasteiger partial charge is 0.274 e. The van der Waals surface area contributed by atoms with Crippen LogP contribution in [-0.2, 0) is 13.6 Å². The number of imidazole rings is 1. The van der Waals surface area contributed by atoms with E-state index in [1.54, 1.807) is 13.2 Å². The Bertz CT molecular complexity index is 970. The zero-order valence-corrected chi connectivity index (χ0v) is 13.3. The topological polar surface area (TPSA) is 72.5 Å². The first-order chi connectivity index (χ1) is 11.6. The second-order valence-electron chi connectivity index (χ2n) is 6.02. The van der Waals surface area contributed by atoms with Crippen molar-refractivity contribution in [2.45, 2.75) is 25.4 Å². The summed E-state index contributed by atoms with van der Waals surface area (Å²) in [5.41, 5.74) is 1.87.